The van der Waals surface area contributed by atoms with Gasteiger partial charge in [0, 0.05) is 65.9 Å². The maximum Gasteiger partial charge on any atom is 0.274 e. The highest BCUT2D eigenvalue weighted by atomic mass is 16.5. The average Bonchev–Trinajstić information content (AvgIpc) is 3.21. The Kier molecular flexibility index (Phi) is 8.59. The summed E-state index contributed by atoms with van der Waals surface area (Å²) in [6.45, 7) is 5.19. The van der Waals surface area contributed by atoms with Gasteiger partial charge < -0.3 is 19.4 Å². The van der Waals surface area contributed by atoms with Gasteiger partial charge in [-0.05, 0) is 18.9 Å². The zero-order chi connectivity index (χ0) is 23.8. The molecule has 0 aliphatic carbocycles. The number of hydrogen-bond donors (Lipinski definition) is 0. The van der Waals surface area contributed by atoms with E-state index >= 15 is 0 Å². The summed E-state index contributed by atoms with van der Waals surface area (Å²) in [6, 6.07) is 11.4. The largest absolute Gasteiger partial charge is 0.383 e. The first kappa shape index (κ1) is 24.4. The van der Waals surface area contributed by atoms with Gasteiger partial charge in [0.05, 0.1) is 6.61 Å². The number of aryl methyl sites for hydroxylation is 1. The molecule has 0 saturated heterocycles. The first-order valence-electron chi connectivity index (χ1n) is 11.4. The number of nitrogens with zero attached hydrogens (tertiary/aromatic N) is 5. The summed E-state index contributed by atoms with van der Waals surface area (Å²) in [6.07, 6.45) is 0.975. The molecule has 1 aliphatic heterocycles. The lowest BCUT2D eigenvalue weighted by molar-refractivity contribution is -0.129. The van der Waals surface area contributed by atoms with Crippen LogP contribution in [-0.2, 0) is 22.6 Å². The van der Waals surface area contributed by atoms with Crippen molar-refractivity contribution in [2.45, 2.75) is 32.9 Å². The smallest absolute Gasteiger partial charge is 0.274 e. The van der Waals surface area contributed by atoms with Crippen LogP contribution < -0.4 is 0 Å². The van der Waals surface area contributed by atoms with Crippen molar-refractivity contribution < 1.29 is 19.1 Å². The number of aromatic nitrogens is 2. The van der Waals surface area contributed by atoms with E-state index in [2.05, 4.69) is 5.10 Å². The zero-order valence-corrected chi connectivity index (χ0v) is 19.7. The van der Waals surface area contributed by atoms with E-state index in [-0.39, 0.29) is 36.4 Å². The fourth-order valence-corrected chi connectivity index (χ4v) is 3.77. The van der Waals surface area contributed by atoms with Crippen molar-refractivity contribution in [1.29, 1.82) is 0 Å². The van der Waals surface area contributed by atoms with Gasteiger partial charge in [-0.2, -0.15) is 5.10 Å². The molecular formula is C24H33N5O4. The van der Waals surface area contributed by atoms with E-state index in [0.717, 1.165) is 12.0 Å². The van der Waals surface area contributed by atoms with E-state index in [4.69, 9.17) is 4.74 Å². The van der Waals surface area contributed by atoms with Crippen molar-refractivity contribution >= 4 is 17.7 Å². The molecule has 0 radical (unpaired) electrons. The lowest BCUT2D eigenvalue weighted by Crippen LogP contribution is -2.38. The summed E-state index contributed by atoms with van der Waals surface area (Å²) < 4.78 is 6.77. The minimum Gasteiger partial charge on any atom is -0.383 e. The average molecular weight is 456 g/mol. The van der Waals surface area contributed by atoms with Crippen LogP contribution in [-0.4, -0.2) is 89.1 Å². The second-order valence-electron chi connectivity index (χ2n) is 8.15. The van der Waals surface area contributed by atoms with Gasteiger partial charge in [-0.1, -0.05) is 30.3 Å². The molecule has 0 N–H and O–H groups in total. The Bertz CT molecular complexity index is 959. The molecule has 3 amide bonds. The van der Waals surface area contributed by atoms with Gasteiger partial charge in [0.2, 0.25) is 5.91 Å². The molecule has 0 atom stereocenters. The highest BCUT2D eigenvalue weighted by Gasteiger charge is 2.28. The topological polar surface area (TPSA) is 88.0 Å². The van der Waals surface area contributed by atoms with Crippen LogP contribution in [0.3, 0.4) is 0 Å². The SMILES string of the molecule is CCN(C)C(=O)CCN(CCOC)C(=O)c1cc2n(n1)CCCN(Cc1ccccc1)C2=O. The van der Waals surface area contributed by atoms with Gasteiger partial charge in [0.15, 0.2) is 5.69 Å². The lowest BCUT2D eigenvalue weighted by atomic mass is 10.2. The lowest BCUT2D eigenvalue weighted by Gasteiger charge is -2.23. The second kappa shape index (κ2) is 11.6. The summed E-state index contributed by atoms with van der Waals surface area (Å²) in [5, 5.41) is 4.45. The van der Waals surface area contributed by atoms with Crippen molar-refractivity contribution in [3.63, 3.8) is 0 Å². The Balaban J connectivity index is 1.75. The summed E-state index contributed by atoms with van der Waals surface area (Å²) in [7, 11) is 3.31. The van der Waals surface area contributed by atoms with Crippen LogP contribution >= 0.6 is 0 Å². The Morgan fingerprint density at radius 1 is 1.15 bits per heavy atom. The highest BCUT2D eigenvalue weighted by Crippen LogP contribution is 2.18. The Morgan fingerprint density at radius 3 is 2.61 bits per heavy atom. The zero-order valence-electron chi connectivity index (χ0n) is 19.7. The van der Waals surface area contributed by atoms with Crippen molar-refractivity contribution in [1.82, 2.24) is 24.5 Å². The predicted octanol–water partition coefficient (Wildman–Crippen LogP) is 1.89. The third kappa shape index (κ3) is 6.19. The molecule has 0 fully saturated rings. The molecule has 2 aromatic rings. The molecule has 33 heavy (non-hydrogen) atoms. The number of amides is 3. The van der Waals surface area contributed by atoms with E-state index < -0.39 is 0 Å². The van der Waals surface area contributed by atoms with Crippen molar-refractivity contribution in [3.05, 3.63) is 53.3 Å². The summed E-state index contributed by atoms with van der Waals surface area (Å²) in [5.41, 5.74) is 1.69. The van der Waals surface area contributed by atoms with Crippen LogP contribution in [0.4, 0.5) is 0 Å². The van der Waals surface area contributed by atoms with Crippen molar-refractivity contribution in [2.24, 2.45) is 0 Å². The molecule has 9 heteroatoms. The van der Waals surface area contributed by atoms with Gasteiger partial charge >= 0.3 is 0 Å². The first-order chi connectivity index (χ1) is 15.9. The number of hydrogen-bond acceptors (Lipinski definition) is 5. The molecular weight excluding hydrogens is 422 g/mol. The van der Waals surface area contributed by atoms with E-state index in [1.807, 2.05) is 37.3 Å². The molecule has 0 bridgehead atoms. The number of rotatable bonds is 10. The first-order valence-corrected chi connectivity index (χ1v) is 11.4. The summed E-state index contributed by atoms with van der Waals surface area (Å²) in [4.78, 5) is 43.7. The number of carbonyl (C=O) groups is 3. The predicted molar refractivity (Wildman–Crippen MR) is 124 cm³/mol. The van der Waals surface area contributed by atoms with Crippen LogP contribution in [0.1, 0.15) is 46.3 Å². The van der Waals surface area contributed by atoms with Crippen molar-refractivity contribution in [3.8, 4) is 0 Å². The standard InChI is InChI=1S/C24H33N5O4/c1-4-26(2)22(30)11-14-27(15-16-33-3)23(31)20-17-21-24(32)28(12-8-13-29(21)25-20)18-19-9-6-5-7-10-19/h5-7,9-10,17H,4,8,11-16,18H2,1-3H3. The number of carbonyl (C=O) groups excluding carboxylic acids is 3. The van der Waals surface area contributed by atoms with Gasteiger partial charge in [0.1, 0.15) is 5.69 Å². The summed E-state index contributed by atoms with van der Waals surface area (Å²) >= 11 is 0. The molecule has 3 rings (SSSR count). The third-order valence-corrected chi connectivity index (χ3v) is 5.87. The highest BCUT2D eigenvalue weighted by molar-refractivity contribution is 5.98. The quantitative estimate of drug-likeness (QED) is 0.546. The third-order valence-electron chi connectivity index (χ3n) is 5.87. The van der Waals surface area contributed by atoms with Crippen LogP contribution in [0.15, 0.2) is 36.4 Å². The van der Waals surface area contributed by atoms with Crippen molar-refractivity contribution in [2.75, 3.05) is 46.9 Å². The van der Waals surface area contributed by atoms with Crippen LogP contribution in [0, 0.1) is 0 Å². The van der Waals surface area contributed by atoms with Gasteiger partial charge in [-0.15, -0.1) is 0 Å². The summed E-state index contributed by atoms with van der Waals surface area (Å²) in [5.74, 6) is -0.465. The molecule has 0 saturated carbocycles. The molecule has 9 nitrogen and oxygen atoms in total. The van der Waals surface area contributed by atoms with E-state index in [0.29, 0.717) is 45.0 Å². The Hall–Kier alpha value is -3.20. The minimum absolute atomic E-state index is 0.0277. The van der Waals surface area contributed by atoms with Gasteiger partial charge in [0.25, 0.3) is 11.8 Å². The van der Waals surface area contributed by atoms with Gasteiger partial charge in [-0.25, -0.2) is 0 Å². The molecule has 0 spiro atoms. The van der Waals surface area contributed by atoms with E-state index in [1.165, 1.54) is 0 Å². The number of ether oxygens (including phenoxy) is 1. The maximum absolute atomic E-state index is 13.2. The Labute approximate surface area is 194 Å². The minimum atomic E-state index is -0.304. The van der Waals surface area contributed by atoms with E-state index in [1.54, 1.807) is 39.6 Å². The van der Waals surface area contributed by atoms with E-state index in [9.17, 15) is 14.4 Å². The van der Waals surface area contributed by atoms with Crippen LogP contribution in [0.5, 0.6) is 0 Å². The van der Waals surface area contributed by atoms with Crippen LogP contribution in [0.2, 0.25) is 0 Å². The molecule has 2 heterocycles. The maximum atomic E-state index is 13.2. The fraction of sp³-hybridized carbons (Fsp3) is 0.500. The molecule has 1 aliphatic rings. The second-order valence-corrected chi connectivity index (χ2v) is 8.15. The van der Waals surface area contributed by atoms with Crippen LogP contribution in [0.25, 0.3) is 0 Å². The Morgan fingerprint density at radius 2 is 1.91 bits per heavy atom. The normalized spacial score (nSPS) is 13.4. The number of methoxy groups -OCH3 is 1. The number of fused-ring (bicyclic) bond motifs is 1. The van der Waals surface area contributed by atoms with Gasteiger partial charge in [-0.3, -0.25) is 19.1 Å². The number of benzene rings is 1. The molecule has 1 aromatic carbocycles. The molecule has 178 valence electrons. The molecule has 1 aromatic heterocycles. The fourth-order valence-electron chi connectivity index (χ4n) is 3.77. The molecule has 0 unspecified atom stereocenters. The monoisotopic (exact) mass is 455 g/mol.